The molecule has 26 heavy (non-hydrogen) atoms. The van der Waals surface area contributed by atoms with Crippen LogP contribution in [0, 0.1) is 0 Å². The number of pyridine rings is 1. The van der Waals surface area contributed by atoms with Crippen molar-refractivity contribution in [2.24, 2.45) is 0 Å². The van der Waals surface area contributed by atoms with Gasteiger partial charge in [-0.25, -0.2) is 4.79 Å². The van der Waals surface area contributed by atoms with Crippen LogP contribution in [0.3, 0.4) is 0 Å². The molecule has 6 nitrogen and oxygen atoms in total. The summed E-state index contributed by atoms with van der Waals surface area (Å²) >= 11 is 0. The molecule has 0 fully saturated rings. The van der Waals surface area contributed by atoms with Gasteiger partial charge >= 0.3 is 12.2 Å². The molecule has 0 saturated carbocycles. The molecule has 3 amide bonds. The van der Waals surface area contributed by atoms with Crippen LogP contribution in [0.2, 0.25) is 0 Å². The summed E-state index contributed by atoms with van der Waals surface area (Å²) in [5.41, 5.74) is -0.550. The third-order valence-corrected chi connectivity index (χ3v) is 3.99. The molecule has 0 atom stereocenters. The van der Waals surface area contributed by atoms with Gasteiger partial charge in [-0.05, 0) is 38.2 Å². The second-order valence-electron chi connectivity index (χ2n) is 6.04. The summed E-state index contributed by atoms with van der Waals surface area (Å²) in [5, 5.41) is 4.52. The molecule has 1 aliphatic rings. The summed E-state index contributed by atoms with van der Waals surface area (Å²) in [4.78, 5) is 35.0. The van der Waals surface area contributed by atoms with Gasteiger partial charge in [-0.3, -0.25) is 14.9 Å². The van der Waals surface area contributed by atoms with Gasteiger partial charge in [0.2, 0.25) is 5.91 Å². The summed E-state index contributed by atoms with van der Waals surface area (Å²) in [6.45, 7) is -0.324. The zero-order valence-corrected chi connectivity index (χ0v) is 14.1. The summed E-state index contributed by atoms with van der Waals surface area (Å²) in [6, 6.07) is 0.628. The van der Waals surface area contributed by atoms with Gasteiger partial charge in [-0.2, -0.15) is 13.2 Å². The summed E-state index contributed by atoms with van der Waals surface area (Å²) < 4.78 is 38.6. The highest BCUT2D eigenvalue weighted by Gasteiger charge is 2.31. The van der Waals surface area contributed by atoms with Gasteiger partial charge in [-0.1, -0.05) is 11.6 Å². The van der Waals surface area contributed by atoms with Crippen molar-refractivity contribution in [3.05, 3.63) is 45.9 Å². The first-order chi connectivity index (χ1) is 12.3. The quantitative estimate of drug-likeness (QED) is 0.781. The Labute approximate surface area is 148 Å². The molecular formula is C17H20F3N3O3. The van der Waals surface area contributed by atoms with E-state index in [9.17, 15) is 27.6 Å². The third kappa shape index (κ3) is 6.05. The Bertz CT molecular complexity index is 754. The van der Waals surface area contributed by atoms with Crippen LogP contribution in [-0.4, -0.2) is 23.1 Å². The minimum atomic E-state index is -4.63. The lowest BCUT2D eigenvalue weighted by Gasteiger charge is -2.13. The summed E-state index contributed by atoms with van der Waals surface area (Å²) in [6.07, 6.45) is 3.09. The molecule has 0 aromatic carbocycles. The van der Waals surface area contributed by atoms with E-state index < -0.39 is 35.8 Å². The molecule has 9 heteroatoms. The minimum Gasteiger partial charge on any atom is -0.337 e. The van der Waals surface area contributed by atoms with E-state index in [1.54, 1.807) is 0 Å². The average Bonchev–Trinajstić information content (AvgIpc) is 2.56. The number of allylic oxidation sites excluding steroid dienone is 1. The molecule has 1 aromatic heterocycles. The Hall–Kier alpha value is -2.58. The van der Waals surface area contributed by atoms with Crippen LogP contribution in [0.15, 0.2) is 34.8 Å². The zero-order chi connectivity index (χ0) is 19.2. The molecule has 0 radical (unpaired) electrons. The molecule has 0 aliphatic heterocycles. The summed E-state index contributed by atoms with van der Waals surface area (Å²) in [5.74, 6) is -0.874. The number of alkyl halides is 3. The number of imide groups is 1. The van der Waals surface area contributed by atoms with Crippen LogP contribution in [0.5, 0.6) is 0 Å². The van der Waals surface area contributed by atoms with Crippen LogP contribution in [-0.2, 0) is 17.5 Å². The van der Waals surface area contributed by atoms with Crippen molar-refractivity contribution in [3.63, 3.8) is 0 Å². The fraction of sp³-hybridized carbons (Fsp3) is 0.471. The lowest BCUT2D eigenvalue weighted by molar-refractivity contribution is -0.138. The van der Waals surface area contributed by atoms with Crippen molar-refractivity contribution in [2.45, 2.75) is 44.8 Å². The van der Waals surface area contributed by atoms with E-state index in [1.165, 1.54) is 12.0 Å². The Morgan fingerprint density at radius 3 is 2.62 bits per heavy atom. The van der Waals surface area contributed by atoms with E-state index in [1.807, 2.05) is 5.32 Å². The van der Waals surface area contributed by atoms with Gasteiger partial charge in [0.1, 0.15) is 6.54 Å². The highest BCUT2D eigenvalue weighted by molar-refractivity contribution is 5.94. The first kappa shape index (κ1) is 19.7. The van der Waals surface area contributed by atoms with Gasteiger partial charge in [0.25, 0.3) is 5.56 Å². The monoisotopic (exact) mass is 371 g/mol. The van der Waals surface area contributed by atoms with Crippen molar-refractivity contribution >= 4 is 11.9 Å². The highest BCUT2D eigenvalue weighted by atomic mass is 19.4. The van der Waals surface area contributed by atoms with E-state index in [2.05, 4.69) is 11.4 Å². The predicted octanol–water partition coefficient (Wildman–Crippen LogP) is 2.58. The van der Waals surface area contributed by atoms with Crippen LogP contribution in [0.25, 0.3) is 0 Å². The molecule has 1 heterocycles. The molecule has 0 saturated heterocycles. The van der Waals surface area contributed by atoms with Gasteiger partial charge < -0.3 is 9.88 Å². The predicted molar refractivity (Wildman–Crippen MR) is 88.4 cm³/mol. The van der Waals surface area contributed by atoms with E-state index >= 15 is 0 Å². The fourth-order valence-electron chi connectivity index (χ4n) is 2.66. The maximum atomic E-state index is 12.7. The highest BCUT2D eigenvalue weighted by Crippen LogP contribution is 2.27. The van der Waals surface area contributed by atoms with Crippen molar-refractivity contribution in [1.82, 2.24) is 15.2 Å². The van der Waals surface area contributed by atoms with Gasteiger partial charge in [0, 0.05) is 18.8 Å². The molecule has 0 spiro atoms. The topological polar surface area (TPSA) is 80.2 Å². The molecule has 142 valence electrons. The number of rotatable bonds is 5. The lowest BCUT2D eigenvalue weighted by Crippen LogP contribution is -2.42. The van der Waals surface area contributed by atoms with Crippen LogP contribution >= 0.6 is 0 Å². The first-order valence-electron chi connectivity index (χ1n) is 8.29. The molecule has 0 unspecified atom stereocenters. The molecular weight excluding hydrogens is 351 g/mol. The van der Waals surface area contributed by atoms with E-state index in [-0.39, 0.29) is 0 Å². The average molecular weight is 371 g/mol. The number of hydrogen-bond donors (Lipinski definition) is 2. The van der Waals surface area contributed by atoms with Gasteiger partial charge in [0.05, 0.1) is 5.56 Å². The molecule has 0 bridgehead atoms. The van der Waals surface area contributed by atoms with Crippen LogP contribution in [0.4, 0.5) is 18.0 Å². The zero-order valence-electron chi connectivity index (χ0n) is 14.1. The standard InChI is InChI=1S/C17H20F3N3O3/c18-17(19,20)13-6-7-15(25)23(10-13)11-14(24)22-16(26)21-9-8-12-4-2-1-3-5-12/h4,6-7,10H,1-3,5,8-9,11H2,(H2,21,22,24,26). The van der Waals surface area contributed by atoms with Crippen molar-refractivity contribution in [1.29, 1.82) is 0 Å². The maximum absolute atomic E-state index is 12.7. The maximum Gasteiger partial charge on any atom is 0.417 e. The van der Waals surface area contributed by atoms with E-state index in [0.29, 0.717) is 29.8 Å². The molecule has 2 rings (SSSR count). The number of hydrogen-bond acceptors (Lipinski definition) is 3. The van der Waals surface area contributed by atoms with Gasteiger partial charge in [-0.15, -0.1) is 0 Å². The number of urea groups is 1. The van der Waals surface area contributed by atoms with Gasteiger partial charge in [0.15, 0.2) is 0 Å². The van der Waals surface area contributed by atoms with E-state index in [4.69, 9.17) is 0 Å². The molecule has 1 aliphatic carbocycles. The van der Waals surface area contributed by atoms with Crippen molar-refractivity contribution in [2.75, 3.05) is 6.54 Å². The number of aromatic nitrogens is 1. The number of nitrogens with zero attached hydrogens (tertiary/aromatic N) is 1. The fourth-order valence-corrected chi connectivity index (χ4v) is 2.66. The molecule has 1 aromatic rings. The Morgan fingerprint density at radius 1 is 1.19 bits per heavy atom. The Balaban J connectivity index is 1.83. The van der Waals surface area contributed by atoms with Crippen LogP contribution < -0.4 is 16.2 Å². The third-order valence-electron chi connectivity index (χ3n) is 3.99. The van der Waals surface area contributed by atoms with Crippen molar-refractivity contribution in [3.8, 4) is 0 Å². The number of amides is 3. The second kappa shape index (κ2) is 8.68. The number of halogens is 3. The lowest BCUT2D eigenvalue weighted by atomic mass is 9.97. The minimum absolute atomic E-state index is 0.356. The molecule has 2 N–H and O–H groups in total. The smallest absolute Gasteiger partial charge is 0.337 e. The largest absolute Gasteiger partial charge is 0.417 e. The normalized spacial score (nSPS) is 14.5. The first-order valence-corrected chi connectivity index (χ1v) is 8.29. The Kier molecular flexibility index (Phi) is 6.59. The van der Waals surface area contributed by atoms with Crippen LogP contribution in [0.1, 0.15) is 37.7 Å². The second-order valence-corrected chi connectivity index (χ2v) is 6.04. The summed E-state index contributed by atoms with van der Waals surface area (Å²) in [7, 11) is 0. The van der Waals surface area contributed by atoms with Crippen molar-refractivity contribution < 1.29 is 22.8 Å². The van der Waals surface area contributed by atoms with E-state index in [0.717, 1.165) is 25.3 Å². The SMILES string of the molecule is O=C(Cn1cc(C(F)(F)F)ccc1=O)NC(=O)NCCC1=CCCCC1. The number of carbonyl (C=O) groups excluding carboxylic acids is 2. The number of carbonyl (C=O) groups is 2. The Morgan fingerprint density at radius 2 is 1.96 bits per heavy atom. The number of nitrogens with one attached hydrogen (secondary N) is 2.